The standard InChI is InChI=1S/C18H14N2O6/c1-25-14-5-3-12(4-6-14)17(21)13(10-19)7-11-8-15(20(23)24)18(22)16(9-11)26-2/h3-9,22H,1-2H3/b13-7-. The second-order valence-corrected chi connectivity index (χ2v) is 5.08. The number of ketones is 1. The fourth-order valence-electron chi connectivity index (χ4n) is 2.21. The molecule has 2 aromatic carbocycles. The molecular formula is C18H14N2O6. The zero-order valence-corrected chi connectivity index (χ0v) is 13.9. The van der Waals surface area contributed by atoms with E-state index in [0.717, 1.165) is 6.07 Å². The van der Waals surface area contributed by atoms with Crippen molar-refractivity contribution >= 4 is 17.5 Å². The fourth-order valence-corrected chi connectivity index (χ4v) is 2.21. The zero-order valence-electron chi connectivity index (χ0n) is 13.9. The average molecular weight is 354 g/mol. The number of rotatable bonds is 6. The molecule has 8 heteroatoms. The molecule has 0 aromatic heterocycles. The number of nitrogens with zero attached hydrogens (tertiary/aromatic N) is 2. The Morgan fingerprint density at radius 3 is 2.38 bits per heavy atom. The van der Waals surface area contributed by atoms with Gasteiger partial charge in [-0.2, -0.15) is 5.26 Å². The summed E-state index contributed by atoms with van der Waals surface area (Å²) in [5.74, 6) is -0.762. The Morgan fingerprint density at radius 1 is 1.23 bits per heavy atom. The highest BCUT2D eigenvalue weighted by Crippen LogP contribution is 2.37. The number of nitro groups is 1. The first-order chi connectivity index (χ1) is 12.4. The molecule has 0 atom stereocenters. The van der Waals surface area contributed by atoms with E-state index in [0.29, 0.717) is 5.75 Å². The van der Waals surface area contributed by atoms with Gasteiger partial charge in [0.2, 0.25) is 11.5 Å². The third-order valence-electron chi connectivity index (χ3n) is 3.52. The number of phenolic OH excluding ortho intramolecular Hbond substituents is 1. The largest absolute Gasteiger partial charge is 0.500 e. The summed E-state index contributed by atoms with van der Waals surface area (Å²) < 4.78 is 9.91. The number of methoxy groups -OCH3 is 2. The van der Waals surface area contributed by atoms with Crippen molar-refractivity contribution in [2.45, 2.75) is 0 Å². The maximum absolute atomic E-state index is 12.5. The van der Waals surface area contributed by atoms with E-state index in [9.17, 15) is 25.3 Å². The van der Waals surface area contributed by atoms with Gasteiger partial charge in [0.15, 0.2) is 5.75 Å². The Labute approximate surface area is 148 Å². The molecule has 0 fully saturated rings. The molecular weight excluding hydrogens is 340 g/mol. The number of Topliss-reactive ketones (excluding diaryl/α,β-unsaturated/α-hetero) is 1. The first kappa shape index (κ1) is 18.5. The summed E-state index contributed by atoms with van der Waals surface area (Å²) in [5, 5.41) is 30.1. The number of aromatic hydroxyl groups is 1. The number of carbonyl (C=O) groups is 1. The number of phenols is 1. The van der Waals surface area contributed by atoms with Crippen LogP contribution in [-0.2, 0) is 0 Å². The van der Waals surface area contributed by atoms with Crippen LogP contribution in [0, 0.1) is 21.4 Å². The van der Waals surface area contributed by atoms with Gasteiger partial charge >= 0.3 is 5.69 Å². The predicted octanol–water partition coefficient (Wildman–Crippen LogP) is 3.11. The average Bonchev–Trinajstić information content (AvgIpc) is 2.66. The molecule has 0 bridgehead atoms. The van der Waals surface area contributed by atoms with Crippen LogP contribution in [0.5, 0.6) is 17.2 Å². The molecule has 0 saturated carbocycles. The number of hydrogen-bond donors (Lipinski definition) is 1. The topological polar surface area (TPSA) is 123 Å². The minimum atomic E-state index is -0.785. The van der Waals surface area contributed by atoms with E-state index in [4.69, 9.17) is 9.47 Å². The molecule has 26 heavy (non-hydrogen) atoms. The molecule has 0 spiro atoms. The quantitative estimate of drug-likeness (QED) is 0.278. The van der Waals surface area contributed by atoms with Gasteiger partial charge in [0.05, 0.1) is 19.1 Å². The summed E-state index contributed by atoms with van der Waals surface area (Å²) in [5.41, 5.74) is -0.384. The van der Waals surface area contributed by atoms with Crippen molar-refractivity contribution in [2.24, 2.45) is 0 Å². The van der Waals surface area contributed by atoms with Gasteiger partial charge < -0.3 is 14.6 Å². The Balaban J connectivity index is 2.47. The van der Waals surface area contributed by atoms with E-state index < -0.39 is 22.1 Å². The SMILES string of the molecule is COc1ccc(C(=O)/C(C#N)=C\c2cc(OC)c(O)c([N+](=O)[O-])c2)cc1. The van der Waals surface area contributed by atoms with Crippen molar-refractivity contribution in [3.05, 3.63) is 63.2 Å². The molecule has 0 unspecified atom stereocenters. The lowest BCUT2D eigenvalue weighted by atomic mass is 10.0. The van der Waals surface area contributed by atoms with E-state index in [-0.39, 0.29) is 22.4 Å². The molecule has 0 aliphatic rings. The van der Waals surface area contributed by atoms with E-state index in [1.807, 2.05) is 0 Å². The van der Waals surface area contributed by atoms with E-state index >= 15 is 0 Å². The highest BCUT2D eigenvalue weighted by Gasteiger charge is 2.20. The second kappa shape index (κ2) is 7.81. The minimum absolute atomic E-state index is 0.139. The van der Waals surface area contributed by atoms with Gasteiger partial charge in [-0.15, -0.1) is 0 Å². The van der Waals surface area contributed by atoms with Crippen molar-refractivity contribution < 1.29 is 24.3 Å². The minimum Gasteiger partial charge on any atom is -0.500 e. The summed E-state index contributed by atoms with van der Waals surface area (Å²) in [4.78, 5) is 22.7. The smallest absolute Gasteiger partial charge is 0.315 e. The van der Waals surface area contributed by atoms with Gasteiger partial charge in [-0.25, -0.2) is 0 Å². The third-order valence-corrected chi connectivity index (χ3v) is 3.52. The number of ether oxygens (including phenoxy) is 2. The van der Waals surface area contributed by atoms with E-state index in [1.165, 1.54) is 38.5 Å². The molecule has 2 rings (SSSR count). The van der Waals surface area contributed by atoms with E-state index in [2.05, 4.69) is 0 Å². The number of benzene rings is 2. The maximum Gasteiger partial charge on any atom is 0.315 e. The molecule has 0 amide bonds. The summed E-state index contributed by atoms with van der Waals surface area (Å²) in [6.45, 7) is 0. The second-order valence-electron chi connectivity index (χ2n) is 5.08. The lowest BCUT2D eigenvalue weighted by Gasteiger charge is -2.06. The van der Waals surface area contributed by atoms with Crippen LogP contribution < -0.4 is 9.47 Å². The summed E-state index contributed by atoms with van der Waals surface area (Å²) >= 11 is 0. The summed E-state index contributed by atoms with van der Waals surface area (Å²) in [7, 11) is 2.72. The first-order valence-electron chi connectivity index (χ1n) is 7.27. The monoisotopic (exact) mass is 354 g/mol. The van der Waals surface area contributed by atoms with Gasteiger partial charge in [0.25, 0.3) is 0 Å². The number of carbonyl (C=O) groups excluding carboxylic acids is 1. The molecule has 8 nitrogen and oxygen atoms in total. The van der Waals surface area contributed by atoms with Gasteiger partial charge in [-0.3, -0.25) is 14.9 Å². The van der Waals surface area contributed by atoms with Crippen LogP contribution in [0.2, 0.25) is 0 Å². The van der Waals surface area contributed by atoms with Gasteiger partial charge in [0.1, 0.15) is 17.4 Å². The van der Waals surface area contributed by atoms with Crippen molar-refractivity contribution in [3.63, 3.8) is 0 Å². The lowest BCUT2D eigenvalue weighted by molar-refractivity contribution is -0.386. The first-order valence-corrected chi connectivity index (χ1v) is 7.27. The molecule has 1 N–H and O–H groups in total. The van der Waals surface area contributed by atoms with Gasteiger partial charge in [0, 0.05) is 11.6 Å². The zero-order chi connectivity index (χ0) is 19.3. The predicted molar refractivity (Wildman–Crippen MR) is 92.2 cm³/mol. The van der Waals surface area contributed by atoms with Crippen LogP contribution in [0.25, 0.3) is 6.08 Å². The van der Waals surface area contributed by atoms with Crippen LogP contribution in [0.15, 0.2) is 42.0 Å². The van der Waals surface area contributed by atoms with Crippen LogP contribution in [0.1, 0.15) is 15.9 Å². The van der Waals surface area contributed by atoms with E-state index in [1.54, 1.807) is 18.2 Å². The van der Waals surface area contributed by atoms with Gasteiger partial charge in [-0.05, 0) is 42.0 Å². The highest BCUT2D eigenvalue weighted by atomic mass is 16.6. The molecule has 2 aromatic rings. The van der Waals surface area contributed by atoms with Crippen LogP contribution >= 0.6 is 0 Å². The lowest BCUT2D eigenvalue weighted by Crippen LogP contribution is -2.02. The van der Waals surface area contributed by atoms with Crippen molar-refractivity contribution in [3.8, 4) is 23.3 Å². The number of nitro benzene ring substituents is 1. The Morgan fingerprint density at radius 2 is 1.88 bits per heavy atom. The summed E-state index contributed by atoms with van der Waals surface area (Å²) in [6.07, 6.45) is 1.20. The molecule has 0 aliphatic heterocycles. The molecule has 0 aliphatic carbocycles. The third kappa shape index (κ3) is 3.79. The fraction of sp³-hybridized carbons (Fsp3) is 0.111. The van der Waals surface area contributed by atoms with Crippen LogP contribution in [0.4, 0.5) is 5.69 Å². The van der Waals surface area contributed by atoms with Crippen molar-refractivity contribution in [1.29, 1.82) is 5.26 Å². The molecule has 0 heterocycles. The Bertz CT molecular complexity index is 926. The summed E-state index contributed by atoms with van der Waals surface area (Å²) in [6, 6.07) is 10.3. The van der Waals surface area contributed by atoms with Crippen molar-refractivity contribution in [2.75, 3.05) is 14.2 Å². The molecule has 0 radical (unpaired) electrons. The molecule has 132 valence electrons. The Kier molecular flexibility index (Phi) is 5.55. The maximum atomic E-state index is 12.5. The number of hydrogen-bond acceptors (Lipinski definition) is 7. The highest BCUT2D eigenvalue weighted by molar-refractivity contribution is 6.14. The normalized spacial score (nSPS) is 10.7. The Hall–Kier alpha value is -3.86. The van der Waals surface area contributed by atoms with Crippen molar-refractivity contribution in [1.82, 2.24) is 0 Å². The number of allylic oxidation sites excluding steroid dienone is 1. The van der Waals surface area contributed by atoms with Gasteiger partial charge in [-0.1, -0.05) is 0 Å². The number of nitriles is 1. The van der Waals surface area contributed by atoms with Crippen LogP contribution in [-0.4, -0.2) is 30.0 Å². The molecule has 0 saturated heterocycles. The van der Waals surface area contributed by atoms with Crippen LogP contribution in [0.3, 0.4) is 0 Å².